The van der Waals surface area contributed by atoms with Crippen LogP contribution in [0, 0.1) is 13.8 Å². The van der Waals surface area contributed by atoms with Crippen molar-refractivity contribution in [3.8, 4) is 0 Å². The second-order valence-electron chi connectivity index (χ2n) is 6.37. The number of H-pyrrole nitrogens is 1. The molecule has 1 aromatic carbocycles. The van der Waals surface area contributed by atoms with Crippen molar-refractivity contribution in [3.63, 3.8) is 0 Å². The SMILES string of the molecule is Cc1n[nH]c(C)c1[C@H](N)C(=O)N(CCN(C)C)Cc1ccccc1. The topological polar surface area (TPSA) is 78.2 Å². The molecule has 0 aliphatic carbocycles. The zero-order valence-corrected chi connectivity index (χ0v) is 14.9. The second-order valence-corrected chi connectivity index (χ2v) is 6.37. The molecule has 1 amide bonds. The number of hydrogen-bond donors (Lipinski definition) is 2. The quantitative estimate of drug-likeness (QED) is 0.809. The zero-order chi connectivity index (χ0) is 17.7. The Labute approximate surface area is 143 Å². The zero-order valence-electron chi connectivity index (χ0n) is 14.9. The van der Waals surface area contributed by atoms with Crippen molar-refractivity contribution in [1.29, 1.82) is 0 Å². The van der Waals surface area contributed by atoms with Crippen LogP contribution in [0.3, 0.4) is 0 Å². The summed E-state index contributed by atoms with van der Waals surface area (Å²) in [5, 5.41) is 7.06. The van der Waals surface area contributed by atoms with Gasteiger partial charge in [0.15, 0.2) is 0 Å². The molecule has 0 aliphatic rings. The third-order valence-electron chi connectivity index (χ3n) is 4.11. The molecule has 1 atom stereocenters. The highest BCUT2D eigenvalue weighted by Gasteiger charge is 2.26. The number of aromatic amines is 1. The number of aryl methyl sites for hydroxylation is 2. The molecular formula is C18H27N5O. The first-order valence-electron chi connectivity index (χ1n) is 8.14. The van der Waals surface area contributed by atoms with Crippen LogP contribution in [0.25, 0.3) is 0 Å². The molecule has 1 heterocycles. The Kier molecular flexibility index (Phi) is 6.11. The number of carbonyl (C=O) groups is 1. The van der Waals surface area contributed by atoms with Crippen molar-refractivity contribution >= 4 is 5.91 Å². The number of hydrogen-bond acceptors (Lipinski definition) is 4. The number of nitrogens with one attached hydrogen (secondary N) is 1. The molecule has 0 saturated carbocycles. The van der Waals surface area contributed by atoms with Gasteiger partial charge in [-0.2, -0.15) is 5.10 Å². The maximum Gasteiger partial charge on any atom is 0.244 e. The van der Waals surface area contributed by atoms with Gasteiger partial charge in [0.25, 0.3) is 0 Å². The highest BCUT2D eigenvalue weighted by molar-refractivity contribution is 5.83. The smallest absolute Gasteiger partial charge is 0.244 e. The highest BCUT2D eigenvalue weighted by Crippen LogP contribution is 2.20. The molecule has 0 radical (unpaired) electrons. The van der Waals surface area contributed by atoms with E-state index in [9.17, 15) is 4.79 Å². The largest absolute Gasteiger partial charge is 0.335 e. The first kappa shape index (κ1) is 18.2. The molecule has 24 heavy (non-hydrogen) atoms. The third-order valence-corrected chi connectivity index (χ3v) is 4.11. The number of aromatic nitrogens is 2. The van der Waals surface area contributed by atoms with E-state index in [-0.39, 0.29) is 5.91 Å². The predicted molar refractivity (Wildman–Crippen MR) is 95.4 cm³/mol. The molecule has 0 spiro atoms. The van der Waals surface area contributed by atoms with Gasteiger partial charge in [-0.3, -0.25) is 9.89 Å². The van der Waals surface area contributed by atoms with Gasteiger partial charge in [-0.25, -0.2) is 0 Å². The minimum absolute atomic E-state index is 0.0756. The van der Waals surface area contributed by atoms with Gasteiger partial charge in [-0.05, 0) is 33.5 Å². The monoisotopic (exact) mass is 329 g/mol. The minimum atomic E-state index is -0.699. The van der Waals surface area contributed by atoms with Crippen LogP contribution in [-0.4, -0.2) is 53.1 Å². The summed E-state index contributed by atoms with van der Waals surface area (Å²) in [6.45, 7) is 5.73. The van der Waals surface area contributed by atoms with E-state index in [1.54, 1.807) is 0 Å². The van der Waals surface area contributed by atoms with E-state index in [1.165, 1.54) is 0 Å². The molecule has 130 valence electrons. The van der Waals surface area contributed by atoms with E-state index in [1.807, 2.05) is 63.2 Å². The van der Waals surface area contributed by atoms with Crippen LogP contribution in [-0.2, 0) is 11.3 Å². The molecular weight excluding hydrogens is 302 g/mol. The first-order chi connectivity index (χ1) is 11.4. The Bertz CT molecular complexity index is 646. The van der Waals surface area contributed by atoms with Crippen LogP contribution in [0.5, 0.6) is 0 Å². The summed E-state index contributed by atoms with van der Waals surface area (Å²) >= 11 is 0. The number of nitrogens with two attached hydrogens (primary N) is 1. The van der Waals surface area contributed by atoms with Gasteiger partial charge >= 0.3 is 0 Å². The van der Waals surface area contributed by atoms with Crippen molar-refractivity contribution in [3.05, 3.63) is 52.8 Å². The summed E-state index contributed by atoms with van der Waals surface area (Å²) in [6, 6.07) is 9.28. The Morgan fingerprint density at radius 2 is 1.88 bits per heavy atom. The third kappa shape index (κ3) is 4.43. The lowest BCUT2D eigenvalue weighted by Crippen LogP contribution is -2.41. The minimum Gasteiger partial charge on any atom is -0.335 e. The molecule has 3 N–H and O–H groups in total. The number of amides is 1. The van der Waals surface area contributed by atoms with E-state index >= 15 is 0 Å². The summed E-state index contributed by atoms with van der Waals surface area (Å²) in [5.41, 5.74) is 9.80. The Balaban J connectivity index is 2.20. The van der Waals surface area contributed by atoms with Gasteiger partial charge in [-0.15, -0.1) is 0 Å². The standard InChI is InChI=1S/C18H27N5O/c1-13-16(14(2)21-20-13)17(19)18(24)23(11-10-22(3)4)12-15-8-6-5-7-9-15/h5-9,17H,10-12,19H2,1-4H3,(H,20,21)/t17-/m0/s1. The molecule has 6 heteroatoms. The molecule has 2 aromatic rings. The van der Waals surface area contributed by atoms with Gasteiger partial charge in [0.05, 0.1) is 5.69 Å². The van der Waals surface area contributed by atoms with Crippen molar-refractivity contribution in [1.82, 2.24) is 20.0 Å². The van der Waals surface area contributed by atoms with Crippen LogP contribution in [0.15, 0.2) is 30.3 Å². The number of nitrogens with zero attached hydrogens (tertiary/aromatic N) is 3. The fourth-order valence-corrected chi connectivity index (χ4v) is 2.73. The average Bonchev–Trinajstić information content (AvgIpc) is 2.89. The molecule has 0 bridgehead atoms. The summed E-state index contributed by atoms with van der Waals surface area (Å²) in [4.78, 5) is 16.9. The number of likely N-dealkylation sites (N-methyl/N-ethyl adjacent to an activating group) is 1. The maximum atomic E-state index is 13.0. The van der Waals surface area contributed by atoms with Crippen LogP contribution >= 0.6 is 0 Å². The van der Waals surface area contributed by atoms with Crippen molar-refractivity contribution in [2.75, 3.05) is 27.2 Å². The number of benzene rings is 1. The first-order valence-corrected chi connectivity index (χ1v) is 8.14. The van der Waals surface area contributed by atoms with Gasteiger partial charge in [0, 0.05) is 30.9 Å². The second kappa shape index (κ2) is 8.08. The fourth-order valence-electron chi connectivity index (χ4n) is 2.73. The lowest BCUT2D eigenvalue weighted by molar-refractivity contribution is -0.133. The van der Waals surface area contributed by atoms with E-state index in [4.69, 9.17) is 5.73 Å². The Morgan fingerprint density at radius 1 is 1.21 bits per heavy atom. The Hall–Kier alpha value is -2.18. The molecule has 1 aromatic heterocycles. The predicted octanol–water partition coefficient (Wildman–Crippen LogP) is 1.62. The van der Waals surface area contributed by atoms with Gasteiger partial charge in [-0.1, -0.05) is 30.3 Å². The van der Waals surface area contributed by atoms with Crippen LogP contribution < -0.4 is 5.73 Å². The molecule has 0 fully saturated rings. The summed E-state index contributed by atoms with van der Waals surface area (Å²) in [5.74, 6) is -0.0756. The van der Waals surface area contributed by atoms with Crippen molar-refractivity contribution in [2.24, 2.45) is 5.73 Å². The normalized spacial score (nSPS) is 12.4. The molecule has 2 rings (SSSR count). The van der Waals surface area contributed by atoms with Crippen molar-refractivity contribution < 1.29 is 4.79 Å². The van der Waals surface area contributed by atoms with Crippen LogP contribution in [0.2, 0.25) is 0 Å². The van der Waals surface area contributed by atoms with E-state index in [2.05, 4.69) is 15.1 Å². The van der Waals surface area contributed by atoms with Gasteiger partial charge < -0.3 is 15.5 Å². The van der Waals surface area contributed by atoms with E-state index < -0.39 is 6.04 Å². The molecule has 0 unspecified atom stereocenters. The van der Waals surface area contributed by atoms with Crippen LogP contribution in [0.1, 0.15) is 28.6 Å². The summed E-state index contributed by atoms with van der Waals surface area (Å²) in [7, 11) is 3.99. The summed E-state index contributed by atoms with van der Waals surface area (Å²) in [6.07, 6.45) is 0. The Morgan fingerprint density at radius 3 is 2.42 bits per heavy atom. The maximum absolute atomic E-state index is 13.0. The highest BCUT2D eigenvalue weighted by atomic mass is 16.2. The summed E-state index contributed by atoms with van der Waals surface area (Å²) < 4.78 is 0. The number of carbonyl (C=O) groups excluding carboxylic acids is 1. The lowest BCUT2D eigenvalue weighted by Gasteiger charge is -2.27. The lowest BCUT2D eigenvalue weighted by atomic mass is 10.0. The van der Waals surface area contributed by atoms with Crippen LogP contribution in [0.4, 0.5) is 0 Å². The molecule has 0 aliphatic heterocycles. The van der Waals surface area contributed by atoms with E-state index in [0.717, 1.165) is 29.1 Å². The molecule has 0 saturated heterocycles. The fraction of sp³-hybridized carbons (Fsp3) is 0.444. The van der Waals surface area contributed by atoms with Gasteiger partial charge in [0.1, 0.15) is 6.04 Å². The number of rotatable bonds is 7. The average molecular weight is 329 g/mol. The van der Waals surface area contributed by atoms with E-state index in [0.29, 0.717) is 13.1 Å². The van der Waals surface area contributed by atoms with Gasteiger partial charge in [0.2, 0.25) is 5.91 Å². The van der Waals surface area contributed by atoms with Crippen molar-refractivity contribution in [2.45, 2.75) is 26.4 Å². The molecule has 6 nitrogen and oxygen atoms in total.